The Hall–Kier alpha value is -3.30. The summed E-state index contributed by atoms with van der Waals surface area (Å²) in [6.45, 7) is 4.49. The number of hydrogen-bond acceptors (Lipinski definition) is 5. The van der Waals surface area contributed by atoms with Crippen LogP contribution < -0.4 is 10.6 Å². The number of urea groups is 1. The number of halogens is 1. The second-order valence-electron chi connectivity index (χ2n) is 8.15. The summed E-state index contributed by atoms with van der Waals surface area (Å²) in [6.07, 6.45) is 0.0824. The van der Waals surface area contributed by atoms with Crippen LogP contribution in [0.15, 0.2) is 48.5 Å². The Balaban J connectivity index is 1.32. The molecule has 2 heterocycles. The van der Waals surface area contributed by atoms with Gasteiger partial charge in [-0.2, -0.15) is 0 Å². The molecule has 0 aromatic heterocycles. The summed E-state index contributed by atoms with van der Waals surface area (Å²) in [6, 6.07) is 11.6. The first-order valence-electron chi connectivity index (χ1n) is 11.0. The molecule has 2 aromatic carbocycles. The summed E-state index contributed by atoms with van der Waals surface area (Å²) in [4.78, 5) is 41.2. The lowest BCUT2D eigenvalue weighted by atomic mass is 10.0. The zero-order chi connectivity index (χ0) is 23.2. The predicted octanol–water partition coefficient (Wildman–Crippen LogP) is 2.07. The first-order valence-corrected chi connectivity index (χ1v) is 11.0. The van der Waals surface area contributed by atoms with Crippen LogP contribution in [0, 0.1) is 5.82 Å². The maximum Gasteiger partial charge on any atom is 0.324 e. The number of carbonyl (C=O) groups excluding carboxylic acids is 3. The number of hydrogen-bond donors (Lipinski definition) is 2. The summed E-state index contributed by atoms with van der Waals surface area (Å²) in [7, 11) is 0. The monoisotopic (exact) mass is 454 g/mol. The van der Waals surface area contributed by atoms with E-state index in [2.05, 4.69) is 15.5 Å². The molecule has 2 fully saturated rings. The average Bonchev–Trinajstić information content (AvgIpc) is 2.82. The Bertz CT molecular complexity index is 990. The standard InChI is InChI=1S/C24H27FN4O4/c25-20-6-4-18(5-7-20)21-15-22(30)29(24(32)27-21)16-17-2-1-3-19(14-17)23(31)26-8-9-28-10-12-33-13-11-28/h1-7,14,21H,8-13,15-16H2,(H,26,31)(H,27,32). The first kappa shape index (κ1) is 22.9. The molecule has 2 aromatic rings. The van der Waals surface area contributed by atoms with Gasteiger partial charge < -0.3 is 15.4 Å². The van der Waals surface area contributed by atoms with Crippen molar-refractivity contribution in [1.82, 2.24) is 20.4 Å². The van der Waals surface area contributed by atoms with E-state index >= 15 is 0 Å². The van der Waals surface area contributed by atoms with E-state index in [0.29, 0.717) is 36.4 Å². The Labute approximate surface area is 191 Å². The third-order valence-electron chi connectivity index (χ3n) is 5.84. The fourth-order valence-electron chi connectivity index (χ4n) is 3.98. The summed E-state index contributed by atoms with van der Waals surface area (Å²) < 4.78 is 18.5. The smallest absolute Gasteiger partial charge is 0.324 e. The lowest BCUT2D eigenvalue weighted by Crippen LogP contribution is -2.50. The van der Waals surface area contributed by atoms with Crippen LogP contribution in [0.4, 0.5) is 9.18 Å². The fraction of sp³-hybridized carbons (Fsp3) is 0.375. The van der Waals surface area contributed by atoms with E-state index in [9.17, 15) is 18.8 Å². The van der Waals surface area contributed by atoms with Crippen LogP contribution >= 0.6 is 0 Å². The Kier molecular flexibility index (Phi) is 7.31. The van der Waals surface area contributed by atoms with E-state index in [1.165, 1.54) is 12.1 Å². The zero-order valence-corrected chi connectivity index (χ0v) is 18.3. The fourth-order valence-corrected chi connectivity index (χ4v) is 3.98. The van der Waals surface area contributed by atoms with Crippen LogP contribution in [0.2, 0.25) is 0 Å². The minimum atomic E-state index is -0.513. The number of benzene rings is 2. The quantitative estimate of drug-likeness (QED) is 0.669. The molecule has 1 unspecified atom stereocenters. The average molecular weight is 455 g/mol. The van der Waals surface area contributed by atoms with Gasteiger partial charge in [0.15, 0.2) is 0 Å². The summed E-state index contributed by atoms with van der Waals surface area (Å²) in [5.74, 6) is -0.900. The molecule has 2 N–H and O–H groups in total. The van der Waals surface area contributed by atoms with Gasteiger partial charge in [-0.15, -0.1) is 0 Å². The molecule has 4 rings (SSSR count). The van der Waals surface area contributed by atoms with Gasteiger partial charge in [0.05, 0.1) is 32.2 Å². The molecule has 0 bridgehead atoms. The second kappa shape index (κ2) is 10.5. The summed E-state index contributed by atoms with van der Waals surface area (Å²) in [5, 5.41) is 5.71. The van der Waals surface area contributed by atoms with Gasteiger partial charge in [0.1, 0.15) is 5.82 Å². The van der Waals surface area contributed by atoms with Crippen molar-refractivity contribution in [3.05, 3.63) is 71.0 Å². The second-order valence-corrected chi connectivity index (χ2v) is 8.15. The van der Waals surface area contributed by atoms with Crippen molar-refractivity contribution >= 4 is 17.8 Å². The highest BCUT2D eigenvalue weighted by Crippen LogP contribution is 2.24. The minimum absolute atomic E-state index is 0.0652. The molecule has 1 atom stereocenters. The SMILES string of the molecule is O=C(NCCN1CCOCC1)c1cccc(CN2C(=O)CC(c3ccc(F)cc3)NC2=O)c1. The highest BCUT2D eigenvalue weighted by Gasteiger charge is 2.32. The molecule has 4 amide bonds. The van der Waals surface area contributed by atoms with Gasteiger partial charge in [0.2, 0.25) is 5.91 Å². The lowest BCUT2D eigenvalue weighted by Gasteiger charge is -2.31. The van der Waals surface area contributed by atoms with Crippen LogP contribution in [-0.4, -0.2) is 67.0 Å². The van der Waals surface area contributed by atoms with E-state index in [-0.39, 0.29) is 30.6 Å². The highest BCUT2D eigenvalue weighted by molar-refractivity contribution is 5.97. The molecular weight excluding hydrogens is 427 g/mol. The molecular formula is C24H27FN4O4. The molecule has 0 spiro atoms. The molecule has 174 valence electrons. The van der Waals surface area contributed by atoms with E-state index in [4.69, 9.17) is 4.74 Å². The highest BCUT2D eigenvalue weighted by atomic mass is 19.1. The zero-order valence-electron chi connectivity index (χ0n) is 18.3. The van der Waals surface area contributed by atoms with E-state index in [1.807, 2.05) is 0 Å². The lowest BCUT2D eigenvalue weighted by molar-refractivity contribution is -0.130. The van der Waals surface area contributed by atoms with E-state index < -0.39 is 12.1 Å². The number of carbonyl (C=O) groups is 3. The normalized spacial score (nSPS) is 19.3. The van der Waals surface area contributed by atoms with Crippen LogP contribution in [-0.2, 0) is 16.1 Å². The maximum absolute atomic E-state index is 13.2. The molecule has 0 radical (unpaired) electrons. The Morgan fingerprint density at radius 2 is 1.88 bits per heavy atom. The van der Waals surface area contributed by atoms with Crippen LogP contribution in [0.25, 0.3) is 0 Å². The van der Waals surface area contributed by atoms with E-state index in [1.54, 1.807) is 36.4 Å². The first-order chi connectivity index (χ1) is 16.0. The molecule has 2 aliphatic heterocycles. The largest absolute Gasteiger partial charge is 0.379 e. The minimum Gasteiger partial charge on any atom is -0.379 e. The number of nitrogens with zero attached hydrogens (tertiary/aromatic N) is 2. The predicted molar refractivity (Wildman–Crippen MR) is 119 cm³/mol. The number of morpholine rings is 1. The molecule has 0 saturated carbocycles. The number of rotatable bonds is 7. The number of imide groups is 1. The molecule has 8 nitrogen and oxygen atoms in total. The maximum atomic E-state index is 13.2. The van der Waals surface area contributed by atoms with Gasteiger partial charge in [-0.1, -0.05) is 24.3 Å². The van der Waals surface area contributed by atoms with Crippen molar-refractivity contribution < 1.29 is 23.5 Å². The van der Waals surface area contributed by atoms with Crippen molar-refractivity contribution in [1.29, 1.82) is 0 Å². The van der Waals surface area contributed by atoms with Gasteiger partial charge in [-0.3, -0.25) is 19.4 Å². The third-order valence-corrected chi connectivity index (χ3v) is 5.84. The number of nitrogens with one attached hydrogen (secondary N) is 2. The molecule has 0 aliphatic carbocycles. The Morgan fingerprint density at radius 1 is 1.12 bits per heavy atom. The van der Waals surface area contributed by atoms with Crippen molar-refractivity contribution in [2.45, 2.75) is 19.0 Å². The van der Waals surface area contributed by atoms with Crippen molar-refractivity contribution in [2.24, 2.45) is 0 Å². The van der Waals surface area contributed by atoms with Crippen molar-refractivity contribution in [2.75, 3.05) is 39.4 Å². The van der Waals surface area contributed by atoms with Crippen molar-refractivity contribution in [3.8, 4) is 0 Å². The summed E-state index contributed by atoms with van der Waals surface area (Å²) >= 11 is 0. The Morgan fingerprint density at radius 3 is 2.61 bits per heavy atom. The van der Waals surface area contributed by atoms with Crippen molar-refractivity contribution in [3.63, 3.8) is 0 Å². The summed E-state index contributed by atoms with van der Waals surface area (Å²) in [5.41, 5.74) is 1.83. The molecule has 33 heavy (non-hydrogen) atoms. The van der Waals surface area contributed by atoms with Gasteiger partial charge in [0, 0.05) is 31.7 Å². The van der Waals surface area contributed by atoms with Crippen LogP contribution in [0.5, 0.6) is 0 Å². The number of amides is 4. The molecule has 9 heteroatoms. The van der Waals surface area contributed by atoms with Gasteiger partial charge in [-0.25, -0.2) is 9.18 Å². The van der Waals surface area contributed by atoms with Gasteiger partial charge >= 0.3 is 6.03 Å². The number of ether oxygens (including phenoxy) is 1. The van der Waals surface area contributed by atoms with Gasteiger partial charge in [0.25, 0.3) is 5.91 Å². The van der Waals surface area contributed by atoms with Crippen LogP contribution in [0.3, 0.4) is 0 Å². The molecule has 2 saturated heterocycles. The topological polar surface area (TPSA) is 91.0 Å². The molecule has 2 aliphatic rings. The van der Waals surface area contributed by atoms with Crippen LogP contribution in [0.1, 0.15) is 33.9 Å². The third kappa shape index (κ3) is 5.94. The van der Waals surface area contributed by atoms with Gasteiger partial charge in [-0.05, 0) is 35.4 Å². The van der Waals surface area contributed by atoms with E-state index in [0.717, 1.165) is 24.5 Å².